The van der Waals surface area contributed by atoms with Gasteiger partial charge in [0.2, 0.25) is 5.91 Å². The second kappa shape index (κ2) is 45.7. The molecule has 1 amide bonds. The minimum atomic E-state index is -0.781. The van der Waals surface area contributed by atoms with Crippen molar-refractivity contribution in [3.63, 3.8) is 0 Å². The van der Waals surface area contributed by atoms with Crippen LogP contribution in [0.4, 0.5) is 0 Å². The summed E-state index contributed by atoms with van der Waals surface area (Å²) in [6.07, 6.45) is 50.0. The molecule has 57 heavy (non-hydrogen) atoms. The lowest BCUT2D eigenvalue weighted by Crippen LogP contribution is -2.46. The van der Waals surface area contributed by atoms with Crippen LogP contribution < -0.4 is 5.32 Å². The number of hydrogen-bond donors (Lipinski definition) is 3. The Morgan fingerprint density at radius 3 is 1.25 bits per heavy atom. The van der Waals surface area contributed by atoms with E-state index in [0.29, 0.717) is 19.3 Å². The van der Waals surface area contributed by atoms with Crippen LogP contribution >= 0.6 is 0 Å². The van der Waals surface area contributed by atoms with E-state index in [4.69, 9.17) is 4.74 Å². The van der Waals surface area contributed by atoms with Gasteiger partial charge in [-0.05, 0) is 51.4 Å². The molecule has 0 heterocycles. The van der Waals surface area contributed by atoms with E-state index >= 15 is 0 Å². The lowest BCUT2D eigenvalue weighted by molar-refractivity contribution is -0.151. The summed E-state index contributed by atoms with van der Waals surface area (Å²) in [6, 6.07) is -0.694. The van der Waals surface area contributed by atoms with E-state index in [0.717, 1.165) is 44.9 Å². The minimum Gasteiger partial charge on any atom is -0.462 e. The van der Waals surface area contributed by atoms with E-state index in [1.807, 2.05) is 0 Å². The number of carbonyl (C=O) groups excluding carboxylic acids is 2. The van der Waals surface area contributed by atoms with Gasteiger partial charge in [0.05, 0.1) is 25.2 Å². The molecule has 3 atom stereocenters. The molecule has 6 heteroatoms. The highest BCUT2D eigenvalue weighted by atomic mass is 16.5. The predicted octanol–water partition coefficient (Wildman–Crippen LogP) is 15.0. The lowest BCUT2D eigenvalue weighted by Gasteiger charge is -2.24. The predicted molar refractivity (Wildman–Crippen MR) is 246 cm³/mol. The molecule has 0 aliphatic carbocycles. The fraction of sp³-hybridized carbons (Fsp3) is 0.922. The number of rotatable bonds is 46. The first-order valence-electron chi connectivity index (χ1n) is 25.4. The Labute approximate surface area is 355 Å². The summed E-state index contributed by atoms with van der Waals surface area (Å²) >= 11 is 0. The zero-order valence-electron chi connectivity index (χ0n) is 38.5. The maximum Gasteiger partial charge on any atom is 0.306 e. The van der Waals surface area contributed by atoms with Gasteiger partial charge in [-0.2, -0.15) is 0 Å². The average Bonchev–Trinajstić information content (AvgIpc) is 3.20. The molecule has 0 aromatic carbocycles. The molecule has 6 nitrogen and oxygen atoms in total. The van der Waals surface area contributed by atoms with Crippen molar-refractivity contribution in [2.75, 3.05) is 6.61 Å². The summed E-state index contributed by atoms with van der Waals surface area (Å²) < 4.78 is 5.90. The minimum absolute atomic E-state index is 0.0812. The third-order valence-corrected chi connectivity index (χ3v) is 11.8. The molecule has 3 N–H and O–H groups in total. The number of hydrogen-bond acceptors (Lipinski definition) is 5. The summed E-state index contributed by atoms with van der Waals surface area (Å²) in [5, 5.41) is 23.7. The van der Waals surface area contributed by atoms with Crippen molar-refractivity contribution >= 4 is 11.9 Å². The average molecular weight is 806 g/mol. The van der Waals surface area contributed by atoms with Crippen LogP contribution in [-0.4, -0.2) is 46.9 Å². The van der Waals surface area contributed by atoms with Gasteiger partial charge in [0.25, 0.3) is 0 Å². The van der Waals surface area contributed by atoms with Crippen molar-refractivity contribution in [2.45, 2.75) is 296 Å². The highest BCUT2D eigenvalue weighted by Gasteiger charge is 2.24. The van der Waals surface area contributed by atoms with Crippen LogP contribution in [-0.2, 0) is 14.3 Å². The Bertz CT molecular complexity index is 863. The molecule has 0 saturated carbocycles. The van der Waals surface area contributed by atoms with E-state index in [1.165, 1.54) is 186 Å². The molecule has 0 radical (unpaired) electrons. The molecule has 0 bridgehead atoms. The second-order valence-electron chi connectivity index (χ2n) is 17.6. The van der Waals surface area contributed by atoms with Gasteiger partial charge in [0, 0.05) is 6.42 Å². The molecule has 0 aliphatic heterocycles. The van der Waals surface area contributed by atoms with Crippen molar-refractivity contribution in [3.05, 3.63) is 12.2 Å². The zero-order valence-corrected chi connectivity index (χ0v) is 38.5. The fourth-order valence-corrected chi connectivity index (χ4v) is 7.96. The molecule has 0 spiro atoms. The molecule has 0 aromatic rings. The van der Waals surface area contributed by atoms with Crippen LogP contribution in [0.1, 0.15) is 278 Å². The first kappa shape index (κ1) is 55.6. The van der Waals surface area contributed by atoms with Crippen molar-refractivity contribution in [3.8, 4) is 0 Å². The largest absolute Gasteiger partial charge is 0.462 e. The number of nitrogens with one attached hydrogen (secondary N) is 1. The van der Waals surface area contributed by atoms with Gasteiger partial charge in [-0.1, -0.05) is 226 Å². The van der Waals surface area contributed by atoms with Crippen molar-refractivity contribution in [2.24, 2.45) is 0 Å². The van der Waals surface area contributed by atoms with Gasteiger partial charge in [-0.3, -0.25) is 9.59 Å². The topological polar surface area (TPSA) is 95.9 Å². The normalized spacial score (nSPS) is 13.3. The summed E-state index contributed by atoms with van der Waals surface area (Å²) in [6.45, 7) is 6.46. The van der Waals surface area contributed by atoms with E-state index in [-0.39, 0.29) is 24.9 Å². The standard InChI is InChI=1S/C51H99NO5/c1-4-7-10-13-16-18-20-22-24-25-26-28-30-32-35-38-41-44-51(56)57-47(42-39-36-33-15-12-9-6-3)45-50(55)52-48(46-53)49(54)43-40-37-34-31-29-27-23-21-19-17-14-11-8-5-2/h22,24,47-49,53-54H,4-21,23,25-46H2,1-3H3,(H,52,55)/b24-22+. The number of esters is 1. The number of ether oxygens (including phenoxy) is 1. The van der Waals surface area contributed by atoms with Gasteiger partial charge >= 0.3 is 5.97 Å². The van der Waals surface area contributed by atoms with E-state index in [2.05, 4.69) is 38.2 Å². The van der Waals surface area contributed by atoms with Crippen LogP contribution in [0.3, 0.4) is 0 Å². The Morgan fingerprint density at radius 2 is 0.842 bits per heavy atom. The Hall–Kier alpha value is -1.40. The third kappa shape index (κ3) is 41.1. The summed E-state index contributed by atoms with van der Waals surface area (Å²) in [5.74, 6) is -0.469. The van der Waals surface area contributed by atoms with Crippen LogP contribution in [0.15, 0.2) is 12.2 Å². The van der Waals surface area contributed by atoms with E-state index in [9.17, 15) is 19.8 Å². The van der Waals surface area contributed by atoms with Crippen LogP contribution in [0.5, 0.6) is 0 Å². The molecule has 0 aromatic heterocycles. The quantitative estimate of drug-likeness (QED) is 0.0323. The number of aliphatic hydroxyl groups excluding tert-OH is 2. The Balaban J connectivity index is 4.33. The zero-order chi connectivity index (χ0) is 41.7. The van der Waals surface area contributed by atoms with Gasteiger partial charge < -0.3 is 20.3 Å². The molecular formula is C51H99NO5. The lowest BCUT2D eigenvalue weighted by atomic mass is 10.0. The fourth-order valence-electron chi connectivity index (χ4n) is 7.96. The van der Waals surface area contributed by atoms with E-state index in [1.54, 1.807) is 0 Å². The van der Waals surface area contributed by atoms with Gasteiger partial charge in [-0.15, -0.1) is 0 Å². The molecule has 3 unspecified atom stereocenters. The Morgan fingerprint density at radius 1 is 0.491 bits per heavy atom. The van der Waals surface area contributed by atoms with Crippen LogP contribution in [0, 0.1) is 0 Å². The molecular weight excluding hydrogens is 707 g/mol. The molecule has 338 valence electrons. The number of allylic oxidation sites excluding steroid dienone is 2. The highest BCUT2D eigenvalue weighted by Crippen LogP contribution is 2.18. The third-order valence-electron chi connectivity index (χ3n) is 11.8. The van der Waals surface area contributed by atoms with Gasteiger partial charge in [0.15, 0.2) is 0 Å². The Kier molecular flexibility index (Phi) is 44.6. The highest BCUT2D eigenvalue weighted by molar-refractivity contribution is 5.77. The molecule has 0 saturated heterocycles. The van der Waals surface area contributed by atoms with Crippen molar-refractivity contribution in [1.29, 1.82) is 0 Å². The molecule has 0 aliphatic rings. The number of amides is 1. The molecule has 0 rings (SSSR count). The number of aliphatic hydroxyl groups is 2. The number of unbranched alkanes of at least 4 members (excludes halogenated alkanes) is 32. The first-order valence-corrected chi connectivity index (χ1v) is 25.4. The summed E-state index contributed by atoms with van der Waals surface area (Å²) in [4.78, 5) is 26.0. The van der Waals surface area contributed by atoms with Crippen molar-refractivity contribution < 1.29 is 24.5 Å². The monoisotopic (exact) mass is 806 g/mol. The van der Waals surface area contributed by atoms with Crippen molar-refractivity contribution in [1.82, 2.24) is 5.32 Å². The maximum atomic E-state index is 13.1. The van der Waals surface area contributed by atoms with E-state index < -0.39 is 18.2 Å². The SMILES string of the molecule is CCCCCCCC/C=C/CCCCCCCCCC(=O)OC(CCCCCCCCC)CC(=O)NC(CO)C(O)CCCCCCCCCCCCCCCC. The van der Waals surface area contributed by atoms with Gasteiger partial charge in [-0.25, -0.2) is 0 Å². The second-order valence-corrected chi connectivity index (χ2v) is 17.6. The van der Waals surface area contributed by atoms with Crippen LogP contribution in [0.2, 0.25) is 0 Å². The summed E-state index contributed by atoms with van der Waals surface area (Å²) in [5.41, 5.74) is 0. The smallest absolute Gasteiger partial charge is 0.306 e. The van der Waals surface area contributed by atoms with Crippen LogP contribution in [0.25, 0.3) is 0 Å². The first-order chi connectivity index (χ1) is 28.0. The summed E-state index contributed by atoms with van der Waals surface area (Å²) in [7, 11) is 0. The number of carbonyl (C=O) groups is 2. The maximum absolute atomic E-state index is 13.1. The molecule has 0 fully saturated rings. The van der Waals surface area contributed by atoms with Gasteiger partial charge in [0.1, 0.15) is 6.10 Å².